The van der Waals surface area contributed by atoms with Crippen molar-refractivity contribution in [2.24, 2.45) is 5.73 Å². The van der Waals surface area contributed by atoms with E-state index in [1.165, 1.54) is 18.2 Å². The summed E-state index contributed by atoms with van der Waals surface area (Å²) in [5.74, 6) is -0.735. The molecule has 1 amide bonds. The molecule has 21 heavy (non-hydrogen) atoms. The first-order valence-corrected chi connectivity index (χ1v) is 8.01. The van der Waals surface area contributed by atoms with Gasteiger partial charge in [-0.15, -0.1) is 0 Å². The lowest BCUT2D eigenvalue weighted by Crippen LogP contribution is -2.45. The molecular weight excluding hydrogens is 292 g/mol. The minimum Gasteiger partial charge on any atom is -0.370 e. The molecule has 0 heterocycles. The summed E-state index contributed by atoms with van der Waals surface area (Å²) in [6.45, 7) is 4.84. The molecule has 7 heteroatoms. The lowest BCUT2D eigenvalue weighted by atomic mass is 10.0. The molecule has 0 bridgehead atoms. The number of benzene rings is 1. The molecule has 116 valence electrons. The fourth-order valence-corrected chi connectivity index (χ4v) is 3.39. The maximum Gasteiger partial charge on any atom is 0.241 e. The molecule has 0 aromatic heterocycles. The van der Waals surface area contributed by atoms with E-state index in [4.69, 9.17) is 5.73 Å². The molecule has 0 radical (unpaired) electrons. The average molecular weight is 312 g/mol. The summed E-state index contributed by atoms with van der Waals surface area (Å²) >= 11 is 0. The second-order valence-corrected chi connectivity index (χ2v) is 7.12. The molecule has 0 aliphatic carbocycles. The quantitative estimate of drug-likeness (QED) is 0.738. The molecule has 0 unspecified atom stereocenters. The second-order valence-electron chi connectivity index (χ2n) is 5.44. The normalized spacial score (nSPS) is 12.1. The zero-order valence-electron chi connectivity index (χ0n) is 12.3. The van der Waals surface area contributed by atoms with Crippen LogP contribution in [-0.2, 0) is 14.8 Å². The predicted octanol–water partition coefficient (Wildman–Crippen LogP) is 1.21. The van der Waals surface area contributed by atoms with E-state index in [-0.39, 0.29) is 17.1 Å². The smallest absolute Gasteiger partial charge is 0.241 e. The highest BCUT2D eigenvalue weighted by atomic mass is 32.2. The van der Waals surface area contributed by atoms with Crippen LogP contribution in [0, 0.1) is 0 Å². The Morgan fingerprint density at radius 1 is 1.29 bits per heavy atom. The molecule has 1 rings (SSSR count). The number of nitrogens with two attached hydrogens (primary N) is 1. The van der Waals surface area contributed by atoms with Crippen molar-refractivity contribution in [3.63, 3.8) is 0 Å². The van der Waals surface area contributed by atoms with E-state index < -0.39 is 21.5 Å². The van der Waals surface area contributed by atoms with Crippen LogP contribution >= 0.6 is 0 Å². The topological polar surface area (TPSA) is 106 Å². The Morgan fingerprint density at radius 2 is 1.90 bits per heavy atom. The standard InChI is InChI=1S/C14H20N2O4S/c1-4-12(17)10-6-5-7-11(8-10)21(19,20)16-14(2,3)9-13(15)18/h5-8,16H,4,9H2,1-3H3,(H2,15,18). The van der Waals surface area contributed by atoms with Crippen LogP contribution in [-0.4, -0.2) is 25.6 Å². The van der Waals surface area contributed by atoms with Gasteiger partial charge in [-0.25, -0.2) is 13.1 Å². The van der Waals surface area contributed by atoms with Crippen molar-refractivity contribution in [3.05, 3.63) is 29.8 Å². The number of hydrogen-bond donors (Lipinski definition) is 2. The van der Waals surface area contributed by atoms with Gasteiger partial charge < -0.3 is 5.73 Å². The van der Waals surface area contributed by atoms with Crippen molar-refractivity contribution in [3.8, 4) is 0 Å². The zero-order valence-corrected chi connectivity index (χ0v) is 13.2. The molecular formula is C14H20N2O4S. The molecule has 0 aliphatic rings. The van der Waals surface area contributed by atoms with Gasteiger partial charge in [0, 0.05) is 23.9 Å². The monoisotopic (exact) mass is 312 g/mol. The van der Waals surface area contributed by atoms with E-state index in [1.54, 1.807) is 26.8 Å². The molecule has 0 saturated heterocycles. The third-order valence-electron chi connectivity index (χ3n) is 2.81. The van der Waals surface area contributed by atoms with E-state index in [0.717, 1.165) is 0 Å². The lowest BCUT2D eigenvalue weighted by Gasteiger charge is -2.24. The van der Waals surface area contributed by atoms with Gasteiger partial charge in [-0.1, -0.05) is 19.1 Å². The predicted molar refractivity (Wildman–Crippen MR) is 79.3 cm³/mol. The van der Waals surface area contributed by atoms with Crippen molar-refractivity contribution in [2.45, 2.75) is 44.0 Å². The lowest BCUT2D eigenvalue weighted by molar-refractivity contribution is -0.119. The van der Waals surface area contributed by atoms with E-state index >= 15 is 0 Å². The van der Waals surface area contributed by atoms with Crippen molar-refractivity contribution in [1.29, 1.82) is 0 Å². The maximum absolute atomic E-state index is 12.3. The van der Waals surface area contributed by atoms with Gasteiger partial charge in [0.15, 0.2) is 5.78 Å². The molecule has 0 saturated carbocycles. The molecule has 6 nitrogen and oxygen atoms in total. The number of nitrogens with one attached hydrogen (secondary N) is 1. The van der Waals surface area contributed by atoms with Crippen LogP contribution in [0.25, 0.3) is 0 Å². The summed E-state index contributed by atoms with van der Waals surface area (Å²) in [6.07, 6.45) is 0.171. The van der Waals surface area contributed by atoms with Crippen LogP contribution in [0.1, 0.15) is 44.0 Å². The van der Waals surface area contributed by atoms with Crippen LogP contribution < -0.4 is 10.5 Å². The van der Waals surface area contributed by atoms with Gasteiger partial charge >= 0.3 is 0 Å². The van der Waals surface area contributed by atoms with Crippen LogP contribution in [0.2, 0.25) is 0 Å². The van der Waals surface area contributed by atoms with Gasteiger partial charge in [-0.2, -0.15) is 0 Å². The van der Waals surface area contributed by atoms with Gasteiger partial charge in [0.05, 0.1) is 4.90 Å². The van der Waals surface area contributed by atoms with Gasteiger partial charge in [-0.05, 0) is 26.0 Å². The number of amides is 1. The van der Waals surface area contributed by atoms with Crippen molar-refractivity contribution in [1.82, 2.24) is 4.72 Å². The first-order valence-electron chi connectivity index (χ1n) is 6.53. The van der Waals surface area contributed by atoms with Crippen LogP contribution in [0.4, 0.5) is 0 Å². The van der Waals surface area contributed by atoms with Crippen LogP contribution in [0.15, 0.2) is 29.2 Å². The van der Waals surface area contributed by atoms with E-state index in [1.807, 2.05) is 0 Å². The number of carbonyl (C=O) groups excluding carboxylic acids is 2. The fourth-order valence-electron chi connectivity index (χ4n) is 1.94. The van der Waals surface area contributed by atoms with Gasteiger partial charge in [0.1, 0.15) is 0 Å². The maximum atomic E-state index is 12.3. The molecule has 1 aromatic carbocycles. The molecule has 3 N–H and O–H groups in total. The fraction of sp³-hybridized carbons (Fsp3) is 0.429. The number of ketones is 1. The molecule has 0 atom stereocenters. The van der Waals surface area contributed by atoms with E-state index in [0.29, 0.717) is 12.0 Å². The van der Waals surface area contributed by atoms with Crippen molar-refractivity contribution >= 4 is 21.7 Å². The number of sulfonamides is 1. The second kappa shape index (κ2) is 6.36. The summed E-state index contributed by atoms with van der Waals surface area (Å²) in [4.78, 5) is 22.6. The van der Waals surface area contributed by atoms with Crippen molar-refractivity contribution in [2.75, 3.05) is 0 Å². The van der Waals surface area contributed by atoms with Gasteiger partial charge in [0.25, 0.3) is 0 Å². The molecule has 1 aromatic rings. The van der Waals surface area contributed by atoms with Gasteiger partial charge in [-0.3, -0.25) is 9.59 Å². The van der Waals surface area contributed by atoms with Crippen LogP contribution in [0.5, 0.6) is 0 Å². The number of primary amides is 1. The third-order valence-corrected chi connectivity index (χ3v) is 4.51. The average Bonchev–Trinajstić information content (AvgIpc) is 2.35. The van der Waals surface area contributed by atoms with E-state index in [2.05, 4.69) is 4.72 Å². The Hall–Kier alpha value is -1.73. The Labute approximate surface area is 124 Å². The number of rotatable bonds is 7. The third kappa shape index (κ3) is 4.95. The Bertz CT molecular complexity index is 651. The minimum atomic E-state index is -3.84. The minimum absolute atomic E-state index is 0.0145. The first kappa shape index (κ1) is 17.3. The summed E-state index contributed by atoms with van der Waals surface area (Å²) in [5, 5.41) is 0. The first-order chi connectivity index (χ1) is 9.57. The SMILES string of the molecule is CCC(=O)c1cccc(S(=O)(=O)NC(C)(C)CC(N)=O)c1. The number of Topliss-reactive ketones (excluding diaryl/α,β-unsaturated/α-hetero) is 1. The zero-order chi connectivity index (χ0) is 16.3. The summed E-state index contributed by atoms with van der Waals surface area (Å²) < 4.78 is 27.1. The van der Waals surface area contributed by atoms with E-state index in [9.17, 15) is 18.0 Å². The Morgan fingerprint density at radius 3 is 2.43 bits per heavy atom. The Balaban J connectivity index is 3.08. The largest absolute Gasteiger partial charge is 0.370 e. The Kier molecular flexibility index (Phi) is 5.25. The molecule has 0 spiro atoms. The highest BCUT2D eigenvalue weighted by Crippen LogP contribution is 2.17. The highest BCUT2D eigenvalue weighted by molar-refractivity contribution is 7.89. The molecule has 0 aliphatic heterocycles. The molecule has 0 fully saturated rings. The number of carbonyl (C=O) groups is 2. The van der Waals surface area contributed by atoms with Crippen molar-refractivity contribution < 1.29 is 18.0 Å². The highest BCUT2D eigenvalue weighted by Gasteiger charge is 2.28. The summed E-state index contributed by atoms with van der Waals surface area (Å²) in [5.41, 5.74) is 4.44. The summed E-state index contributed by atoms with van der Waals surface area (Å²) in [7, 11) is -3.84. The van der Waals surface area contributed by atoms with Gasteiger partial charge in [0.2, 0.25) is 15.9 Å². The van der Waals surface area contributed by atoms with Crippen LogP contribution in [0.3, 0.4) is 0 Å². The number of hydrogen-bond acceptors (Lipinski definition) is 4. The summed E-state index contributed by atoms with van der Waals surface area (Å²) in [6, 6.07) is 5.81.